The largest absolute Gasteiger partial charge is 0.493 e. The van der Waals surface area contributed by atoms with Crippen LogP contribution < -0.4 is 14.8 Å². The molecule has 0 aliphatic heterocycles. The lowest BCUT2D eigenvalue weighted by atomic mass is 10.1. The summed E-state index contributed by atoms with van der Waals surface area (Å²) in [5.41, 5.74) is 4.39. The molecule has 0 unspecified atom stereocenters. The zero-order valence-electron chi connectivity index (χ0n) is 18.4. The normalized spacial score (nSPS) is 11.0. The van der Waals surface area contributed by atoms with Crippen LogP contribution in [0.1, 0.15) is 22.3 Å². The van der Waals surface area contributed by atoms with Crippen molar-refractivity contribution in [3.05, 3.63) is 91.0 Å². The van der Waals surface area contributed by atoms with Gasteiger partial charge in [-0.1, -0.05) is 29.8 Å². The average Bonchev–Trinajstić information content (AvgIpc) is 2.78. The van der Waals surface area contributed by atoms with Crippen molar-refractivity contribution in [3.8, 4) is 17.6 Å². The van der Waals surface area contributed by atoms with E-state index in [4.69, 9.17) is 21.1 Å². The molecule has 0 fully saturated rings. The smallest absolute Gasteiger partial charge is 0.266 e. The highest BCUT2D eigenvalue weighted by atomic mass is 127. The first-order valence-electron chi connectivity index (χ1n) is 10.1. The summed E-state index contributed by atoms with van der Waals surface area (Å²) in [6, 6.07) is 18.6. The fraction of sp³-hybridized carbons (Fsp3) is 0.154. The number of anilines is 1. The van der Waals surface area contributed by atoms with Crippen molar-refractivity contribution in [1.29, 1.82) is 5.26 Å². The molecule has 0 heterocycles. The van der Waals surface area contributed by atoms with E-state index in [1.54, 1.807) is 19.2 Å². The maximum atomic E-state index is 12.7. The summed E-state index contributed by atoms with van der Waals surface area (Å²) < 4.78 is 12.3. The molecular formula is C26H22ClIN2O3. The van der Waals surface area contributed by atoms with Gasteiger partial charge in [0.1, 0.15) is 18.2 Å². The van der Waals surface area contributed by atoms with Gasteiger partial charge >= 0.3 is 0 Å². The highest BCUT2D eigenvalue weighted by Crippen LogP contribution is 2.35. The van der Waals surface area contributed by atoms with Crippen LogP contribution in [0.15, 0.2) is 60.2 Å². The average molecular weight is 573 g/mol. The summed E-state index contributed by atoms with van der Waals surface area (Å²) in [6.07, 6.45) is 1.53. The monoisotopic (exact) mass is 572 g/mol. The van der Waals surface area contributed by atoms with Gasteiger partial charge in [-0.25, -0.2) is 0 Å². The number of benzene rings is 3. The molecule has 0 aromatic heterocycles. The van der Waals surface area contributed by atoms with E-state index in [-0.39, 0.29) is 5.57 Å². The number of methoxy groups -OCH3 is 1. The van der Waals surface area contributed by atoms with E-state index >= 15 is 0 Å². The molecule has 0 atom stereocenters. The Labute approximate surface area is 212 Å². The van der Waals surface area contributed by atoms with Gasteiger partial charge in [0.05, 0.1) is 10.7 Å². The number of nitrogens with zero attached hydrogens (tertiary/aromatic N) is 1. The van der Waals surface area contributed by atoms with E-state index in [1.807, 2.05) is 62.4 Å². The van der Waals surface area contributed by atoms with E-state index in [2.05, 4.69) is 27.9 Å². The molecule has 1 N–H and O–H groups in total. The Bertz CT molecular complexity index is 1260. The van der Waals surface area contributed by atoms with Gasteiger partial charge in [-0.3, -0.25) is 4.79 Å². The molecule has 0 aliphatic rings. The number of rotatable bonds is 7. The number of carbonyl (C=O) groups excluding carboxylic acids is 1. The quantitative estimate of drug-likeness (QED) is 0.194. The molecule has 3 aromatic rings. The second-order valence-corrected chi connectivity index (χ2v) is 8.97. The summed E-state index contributed by atoms with van der Waals surface area (Å²) in [5.74, 6) is 0.603. The lowest BCUT2D eigenvalue weighted by molar-refractivity contribution is -0.112. The minimum atomic E-state index is -0.476. The van der Waals surface area contributed by atoms with Crippen LogP contribution in [0, 0.1) is 28.7 Å². The molecule has 0 saturated carbocycles. The number of nitrogens with one attached hydrogen (secondary N) is 1. The third kappa shape index (κ3) is 6.50. The van der Waals surface area contributed by atoms with Crippen LogP contribution in [0.4, 0.5) is 5.69 Å². The predicted molar refractivity (Wildman–Crippen MR) is 140 cm³/mol. The highest BCUT2D eigenvalue weighted by molar-refractivity contribution is 14.1. The van der Waals surface area contributed by atoms with Crippen molar-refractivity contribution in [2.45, 2.75) is 20.5 Å². The molecule has 7 heteroatoms. The molecule has 0 radical (unpaired) electrons. The van der Waals surface area contributed by atoms with Gasteiger partial charge in [0, 0.05) is 10.7 Å². The van der Waals surface area contributed by atoms with Gasteiger partial charge in [0.15, 0.2) is 11.5 Å². The summed E-state index contributed by atoms with van der Waals surface area (Å²) in [7, 11) is 1.54. The molecule has 33 heavy (non-hydrogen) atoms. The van der Waals surface area contributed by atoms with Crippen molar-refractivity contribution in [2.24, 2.45) is 0 Å². The molecule has 3 rings (SSSR count). The number of aryl methyl sites for hydroxylation is 2. The summed E-state index contributed by atoms with van der Waals surface area (Å²) in [4.78, 5) is 12.7. The summed E-state index contributed by atoms with van der Waals surface area (Å²) in [6.45, 7) is 4.29. The Morgan fingerprint density at radius 2 is 1.94 bits per heavy atom. The van der Waals surface area contributed by atoms with Crippen molar-refractivity contribution in [1.82, 2.24) is 0 Å². The molecule has 3 aromatic carbocycles. The first kappa shape index (κ1) is 24.6. The molecule has 1 amide bonds. The van der Waals surface area contributed by atoms with E-state index in [9.17, 15) is 10.1 Å². The van der Waals surface area contributed by atoms with Crippen LogP contribution >= 0.6 is 34.2 Å². The summed E-state index contributed by atoms with van der Waals surface area (Å²) >= 11 is 8.19. The second-order valence-electron chi connectivity index (χ2n) is 7.38. The van der Waals surface area contributed by atoms with Crippen molar-refractivity contribution >= 4 is 51.9 Å². The van der Waals surface area contributed by atoms with Crippen molar-refractivity contribution in [3.63, 3.8) is 0 Å². The highest BCUT2D eigenvalue weighted by Gasteiger charge is 2.14. The van der Waals surface area contributed by atoms with Crippen molar-refractivity contribution < 1.29 is 14.3 Å². The first-order valence-corrected chi connectivity index (χ1v) is 11.5. The standard InChI is InChI=1S/C26H22ClIN2O3/c1-16-7-8-22(9-17(16)2)30-26(31)20(14-29)10-19-12-23(28)25(24(13-19)32-3)33-15-18-5-4-6-21(27)11-18/h4-13H,15H2,1-3H3,(H,30,31)/b20-10+. The van der Waals surface area contributed by atoms with Gasteiger partial charge < -0.3 is 14.8 Å². The Morgan fingerprint density at radius 1 is 1.15 bits per heavy atom. The van der Waals surface area contributed by atoms with Gasteiger partial charge in [-0.15, -0.1) is 0 Å². The van der Waals surface area contributed by atoms with Gasteiger partial charge in [0.2, 0.25) is 0 Å². The van der Waals surface area contributed by atoms with Gasteiger partial charge in [-0.2, -0.15) is 5.26 Å². The van der Waals surface area contributed by atoms with E-state index < -0.39 is 5.91 Å². The number of halogens is 2. The third-order valence-corrected chi connectivity index (χ3v) is 6.00. The topological polar surface area (TPSA) is 71.3 Å². The van der Waals surface area contributed by atoms with Gasteiger partial charge in [-0.05, 0) is 101 Å². The molecule has 0 spiro atoms. The SMILES string of the molecule is COc1cc(/C=C(\C#N)C(=O)Nc2ccc(C)c(C)c2)cc(I)c1OCc1cccc(Cl)c1. The molecule has 0 saturated heterocycles. The zero-order valence-corrected chi connectivity index (χ0v) is 21.3. The summed E-state index contributed by atoms with van der Waals surface area (Å²) in [5, 5.41) is 13.0. The Hall–Kier alpha value is -3.02. The Morgan fingerprint density at radius 3 is 2.61 bits per heavy atom. The van der Waals surface area contributed by atoms with E-state index in [0.717, 1.165) is 20.3 Å². The lowest BCUT2D eigenvalue weighted by Crippen LogP contribution is -2.13. The first-order chi connectivity index (χ1) is 15.8. The minimum absolute atomic E-state index is 0.0151. The van der Waals surface area contributed by atoms with Crippen LogP contribution in [0.25, 0.3) is 6.08 Å². The number of ether oxygens (including phenoxy) is 2. The molecule has 5 nitrogen and oxygen atoms in total. The fourth-order valence-corrected chi connectivity index (χ4v) is 4.07. The number of hydrogen-bond donors (Lipinski definition) is 1. The lowest BCUT2D eigenvalue weighted by Gasteiger charge is -2.14. The number of carbonyl (C=O) groups is 1. The van der Waals surface area contributed by atoms with Crippen LogP contribution in [-0.4, -0.2) is 13.0 Å². The second kappa shape index (κ2) is 11.2. The minimum Gasteiger partial charge on any atom is -0.493 e. The third-order valence-electron chi connectivity index (χ3n) is 4.96. The Balaban J connectivity index is 1.82. The molecular weight excluding hydrogens is 551 g/mol. The Kier molecular flexibility index (Phi) is 8.37. The fourth-order valence-electron chi connectivity index (χ4n) is 3.08. The van der Waals surface area contributed by atoms with Gasteiger partial charge in [0.25, 0.3) is 5.91 Å². The van der Waals surface area contributed by atoms with Crippen molar-refractivity contribution in [2.75, 3.05) is 12.4 Å². The van der Waals surface area contributed by atoms with Crippen LogP contribution in [0.2, 0.25) is 5.02 Å². The van der Waals surface area contributed by atoms with Crippen LogP contribution in [0.5, 0.6) is 11.5 Å². The van der Waals surface area contributed by atoms with Crippen LogP contribution in [-0.2, 0) is 11.4 Å². The molecule has 0 aliphatic carbocycles. The van der Waals surface area contributed by atoms with Crippen LogP contribution in [0.3, 0.4) is 0 Å². The zero-order chi connectivity index (χ0) is 24.0. The molecule has 0 bridgehead atoms. The number of nitriles is 1. The number of amides is 1. The van der Waals surface area contributed by atoms with E-state index in [0.29, 0.717) is 34.4 Å². The maximum absolute atomic E-state index is 12.7. The maximum Gasteiger partial charge on any atom is 0.266 e. The molecule has 168 valence electrons. The van der Waals surface area contributed by atoms with E-state index in [1.165, 1.54) is 6.08 Å². The number of hydrogen-bond acceptors (Lipinski definition) is 4. The predicted octanol–water partition coefficient (Wildman–Crippen LogP) is 6.69.